The van der Waals surface area contributed by atoms with Crippen molar-refractivity contribution in [2.45, 2.75) is 0 Å². The molecular formula is C8H12N2. The maximum atomic E-state index is 5.30. The smallest absolute Gasteiger partial charge is 0.0401 e. The molecule has 10 heavy (non-hydrogen) atoms. The molecular weight excluding hydrogens is 124 g/mol. The summed E-state index contributed by atoms with van der Waals surface area (Å²) < 4.78 is 2.05. The molecule has 0 unspecified atom stereocenters. The van der Waals surface area contributed by atoms with Gasteiger partial charge in [0.25, 0.3) is 0 Å². The van der Waals surface area contributed by atoms with Gasteiger partial charge >= 0.3 is 0 Å². The largest absolute Gasteiger partial charge is 0.351 e. The second-order valence-electron chi connectivity index (χ2n) is 2.18. The molecule has 0 saturated heterocycles. The van der Waals surface area contributed by atoms with E-state index in [9.17, 15) is 0 Å². The van der Waals surface area contributed by atoms with Crippen LogP contribution >= 0.6 is 0 Å². The maximum absolute atomic E-state index is 5.30. The van der Waals surface area contributed by atoms with E-state index in [4.69, 9.17) is 5.73 Å². The van der Waals surface area contributed by atoms with E-state index >= 15 is 0 Å². The lowest BCUT2D eigenvalue weighted by molar-refractivity contribution is 0.914. The average molecular weight is 136 g/mol. The zero-order valence-corrected chi connectivity index (χ0v) is 6.12. The fraction of sp³-hybridized carbons (Fsp3) is 0.250. The lowest BCUT2D eigenvalue weighted by Crippen LogP contribution is -1.93. The van der Waals surface area contributed by atoms with Gasteiger partial charge in [0.15, 0.2) is 0 Å². The van der Waals surface area contributed by atoms with Crippen molar-refractivity contribution in [3.8, 4) is 0 Å². The Hall–Kier alpha value is -1.02. The normalized spacial score (nSPS) is 11.0. The van der Waals surface area contributed by atoms with Crippen LogP contribution in [0.2, 0.25) is 0 Å². The highest BCUT2D eigenvalue weighted by Crippen LogP contribution is 2.00. The first kappa shape index (κ1) is 7.09. The molecule has 0 fully saturated rings. The van der Waals surface area contributed by atoms with Gasteiger partial charge in [0, 0.05) is 25.5 Å². The standard InChI is InChI=1S/C8H12N2/c1-10-7-3-5-8(10)4-2-6-9/h2-5,7H,6,9H2,1H3/b4-2+. The number of aryl methyl sites for hydroxylation is 1. The molecule has 0 spiro atoms. The topological polar surface area (TPSA) is 30.9 Å². The first-order valence-corrected chi connectivity index (χ1v) is 3.32. The van der Waals surface area contributed by atoms with Crippen molar-refractivity contribution < 1.29 is 0 Å². The molecule has 0 saturated carbocycles. The van der Waals surface area contributed by atoms with Crippen LogP contribution in [0.25, 0.3) is 6.08 Å². The van der Waals surface area contributed by atoms with Crippen LogP contribution in [0.1, 0.15) is 5.69 Å². The SMILES string of the molecule is Cn1cccc1/C=C/CN. The van der Waals surface area contributed by atoms with E-state index in [1.54, 1.807) is 0 Å². The summed E-state index contributed by atoms with van der Waals surface area (Å²) in [6.45, 7) is 0.602. The Morgan fingerprint density at radius 3 is 3.00 bits per heavy atom. The summed E-state index contributed by atoms with van der Waals surface area (Å²) in [5, 5.41) is 0. The Balaban J connectivity index is 2.74. The fourth-order valence-electron chi connectivity index (χ4n) is 0.836. The zero-order valence-electron chi connectivity index (χ0n) is 6.12. The van der Waals surface area contributed by atoms with Gasteiger partial charge in [-0.05, 0) is 18.2 Å². The molecule has 0 aliphatic heterocycles. The predicted octanol–water partition coefficient (Wildman–Crippen LogP) is 0.997. The minimum atomic E-state index is 0.602. The summed E-state index contributed by atoms with van der Waals surface area (Å²) in [5.74, 6) is 0. The molecule has 0 bridgehead atoms. The Labute approximate surface area is 61.0 Å². The molecule has 0 aliphatic carbocycles. The number of rotatable bonds is 2. The van der Waals surface area contributed by atoms with Gasteiger partial charge in [-0.2, -0.15) is 0 Å². The third-order valence-electron chi connectivity index (χ3n) is 1.41. The third kappa shape index (κ3) is 1.48. The van der Waals surface area contributed by atoms with Crippen molar-refractivity contribution in [2.75, 3.05) is 6.54 Å². The van der Waals surface area contributed by atoms with Crippen LogP contribution in [0.5, 0.6) is 0 Å². The summed E-state index contributed by atoms with van der Waals surface area (Å²) in [6.07, 6.45) is 5.96. The fourth-order valence-corrected chi connectivity index (χ4v) is 0.836. The van der Waals surface area contributed by atoms with Gasteiger partial charge in [-0.15, -0.1) is 0 Å². The van der Waals surface area contributed by atoms with E-state index in [0.29, 0.717) is 6.54 Å². The first-order valence-electron chi connectivity index (χ1n) is 3.32. The quantitative estimate of drug-likeness (QED) is 0.646. The molecule has 0 amide bonds. The monoisotopic (exact) mass is 136 g/mol. The van der Waals surface area contributed by atoms with E-state index < -0.39 is 0 Å². The van der Waals surface area contributed by atoms with Crippen molar-refractivity contribution in [1.29, 1.82) is 0 Å². The highest BCUT2D eigenvalue weighted by molar-refractivity contribution is 5.45. The van der Waals surface area contributed by atoms with E-state index in [1.807, 2.05) is 42.1 Å². The summed E-state index contributed by atoms with van der Waals surface area (Å²) in [7, 11) is 2.01. The molecule has 1 heterocycles. The van der Waals surface area contributed by atoms with Crippen molar-refractivity contribution in [3.63, 3.8) is 0 Å². The molecule has 54 valence electrons. The van der Waals surface area contributed by atoms with Crippen LogP contribution in [0.3, 0.4) is 0 Å². The zero-order chi connectivity index (χ0) is 7.40. The van der Waals surface area contributed by atoms with E-state index in [1.165, 1.54) is 5.69 Å². The van der Waals surface area contributed by atoms with Crippen LogP contribution in [0, 0.1) is 0 Å². The van der Waals surface area contributed by atoms with Crippen LogP contribution in [0.4, 0.5) is 0 Å². The van der Waals surface area contributed by atoms with Crippen LogP contribution in [0.15, 0.2) is 24.4 Å². The average Bonchev–Trinajstić information content (AvgIpc) is 2.31. The number of hydrogen-bond donors (Lipinski definition) is 1. The molecule has 0 radical (unpaired) electrons. The Morgan fingerprint density at radius 2 is 2.50 bits per heavy atom. The first-order chi connectivity index (χ1) is 4.84. The van der Waals surface area contributed by atoms with E-state index in [-0.39, 0.29) is 0 Å². The van der Waals surface area contributed by atoms with Crippen LogP contribution in [-0.2, 0) is 7.05 Å². The molecule has 0 aliphatic rings. The van der Waals surface area contributed by atoms with Gasteiger partial charge in [-0.1, -0.05) is 6.08 Å². The summed E-state index contributed by atoms with van der Waals surface area (Å²) in [4.78, 5) is 0. The minimum Gasteiger partial charge on any atom is -0.351 e. The van der Waals surface area contributed by atoms with Gasteiger partial charge < -0.3 is 10.3 Å². The van der Waals surface area contributed by atoms with Crippen molar-refractivity contribution in [1.82, 2.24) is 4.57 Å². The molecule has 1 aromatic rings. The number of nitrogens with zero attached hydrogens (tertiary/aromatic N) is 1. The number of hydrogen-bond acceptors (Lipinski definition) is 1. The number of nitrogens with two attached hydrogens (primary N) is 1. The molecule has 1 aromatic heterocycles. The highest BCUT2D eigenvalue weighted by Gasteiger charge is 1.87. The van der Waals surface area contributed by atoms with Crippen molar-refractivity contribution in [2.24, 2.45) is 12.8 Å². The lowest BCUT2D eigenvalue weighted by atomic mass is 10.4. The van der Waals surface area contributed by atoms with Crippen LogP contribution < -0.4 is 5.73 Å². The van der Waals surface area contributed by atoms with E-state index in [0.717, 1.165) is 0 Å². The number of aromatic nitrogens is 1. The molecule has 1 rings (SSSR count). The van der Waals surface area contributed by atoms with Gasteiger partial charge in [0.2, 0.25) is 0 Å². The molecule has 0 atom stereocenters. The minimum absolute atomic E-state index is 0.602. The van der Waals surface area contributed by atoms with E-state index in [2.05, 4.69) is 0 Å². The Kier molecular flexibility index (Phi) is 2.29. The lowest BCUT2D eigenvalue weighted by Gasteiger charge is -1.93. The third-order valence-corrected chi connectivity index (χ3v) is 1.41. The molecule has 2 heteroatoms. The summed E-state index contributed by atoms with van der Waals surface area (Å²) >= 11 is 0. The second-order valence-corrected chi connectivity index (χ2v) is 2.18. The maximum Gasteiger partial charge on any atom is 0.0401 e. The summed E-state index contributed by atoms with van der Waals surface area (Å²) in [6, 6.07) is 4.06. The van der Waals surface area contributed by atoms with Crippen molar-refractivity contribution >= 4 is 6.08 Å². The summed E-state index contributed by atoms with van der Waals surface area (Å²) in [5.41, 5.74) is 6.48. The predicted molar refractivity (Wildman–Crippen MR) is 43.5 cm³/mol. The second kappa shape index (κ2) is 3.22. The van der Waals surface area contributed by atoms with Gasteiger partial charge in [0.1, 0.15) is 0 Å². The highest BCUT2D eigenvalue weighted by atomic mass is 14.9. The molecule has 2 N–H and O–H groups in total. The van der Waals surface area contributed by atoms with Gasteiger partial charge in [-0.25, -0.2) is 0 Å². The molecule has 2 nitrogen and oxygen atoms in total. The van der Waals surface area contributed by atoms with Crippen molar-refractivity contribution in [3.05, 3.63) is 30.1 Å². The van der Waals surface area contributed by atoms with Crippen LogP contribution in [-0.4, -0.2) is 11.1 Å². The van der Waals surface area contributed by atoms with Gasteiger partial charge in [0.05, 0.1) is 0 Å². The van der Waals surface area contributed by atoms with Gasteiger partial charge in [-0.3, -0.25) is 0 Å². The Morgan fingerprint density at radius 1 is 1.70 bits per heavy atom. The Bertz CT molecular complexity index is 223. The molecule has 0 aromatic carbocycles.